The quantitative estimate of drug-likeness (QED) is 0.671. The number of ether oxygens (including phenoxy) is 1. The molecule has 0 saturated carbocycles. The topological polar surface area (TPSA) is 88.6 Å². The number of thiophene rings is 1. The molecule has 3 heterocycles. The van der Waals surface area contributed by atoms with Gasteiger partial charge in [-0.15, -0.1) is 11.3 Å². The van der Waals surface area contributed by atoms with Crippen molar-refractivity contribution in [3.8, 4) is 5.75 Å². The molecular weight excluding hydrogens is 410 g/mol. The van der Waals surface area contributed by atoms with Gasteiger partial charge in [0, 0.05) is 37.6 Å². The van der Waals surface area contributed by atoms with Gasteiger partial charge in [0.25, 0.3) is 5.91 Å². The molecule has 4 rings (SSSR count). The molecule has 0 spiro atoms. The van der Waals surface area contributed by atoms with E-state index in [1.54, 1.807) is 37.5 Å². The predicted molar refractivity (Wildman–Crippen MR) is 112 cm³/mol. The molecule has 1 N–H and O–H groups in total. The van der Waals surface area contributed by atoms with Crippen molar-refractivity contribution < 1.29 is 17.9 Å². The number of sulfonamides is 1. The Morgan fingerprint density at radius 3 is 2.83 bits per heavy atom. The van der Waals surface area contributed by atoms with Gasteiger partial charge in [0.1, 0.15) is 15.5 Å². The van der Waals surface area contributed by atoms with Crippen LogP contribution in [0.3, 0.4) is 0 Å². The van der Waals surface area contributed by atoms with Crippen molar-refractivity contribution in [2.24, 2.45) is 0 Å². The van der Waals surface area contributed by atoms with Gasteiger partial charge in [-0.2, -0.15) is 4.31 Å². The smallest absolute Gasteiger partial charge is 0.261 e. The summed E-state index contributed by atoms with van der Waals surface area (Å²) in [6.07, 6.45) is 2.34. The summed E-state index contributed by atoms with van der Waals surface area (Å²) in [6.45, 7) is 0.695. The Hall–Kier alpha value is -2.49. The molecule has 0 unspecified atom stereocenters. The lowest BCUT2D eigenvalue weighted by molar-refractivity contribution is 0.0966. The molecular formula is C20H21N3O4S2. The Labute approximate surface area is 173 Å². The third kappa shape index (κ3) is 3.39. The number of carbonyl (C=O) groups excluding carboxylic acids is 1. The van der Waals surface area contributed by atoms with Crippen LogP contribution in [0.15, 0.2) is 47.5 Å². The fourth-order valence-corrected chi connectivity index (χ4v) is 6.62. The van der Waals surface area contributed by atoms with Crippen LogP contribution in [-0.4, -0.2) is 50.9 Å². The largest absolute Gasteiger partial charge is 0.495 e. The zero-order valence-corrected chi connectivity index (χ0v) is 17.7. The average Bonchev–Trinajstić information content (AvgIpc) is 3.38. The van der Waals surface area contributed by atoms with Crippen LogP contribution in [-0.2, 0) is 10.0 Å². The molecule has 1 fully saturated rings. The summed E-state index contributed by atoms with van der Waals surface area (Å²) in [6, 6.07) is 10.4. The molecule has 1 atom stereocenters. The van der Waals surface area contributed by atoms with Crippen molar-refractivity contribution in [2.75, 3.05) is 27.2 Å². The summed E-state index contributed by atoms with van der Waals surface area (Å²) in [4.78, 5) is 18.4. The zero-order chi connectivity index (χ0) is 20.6. The molecule has 29 heavy (non-hydrogen) atoms. The van der Waals surface area contributed by atoms with Crippen molar-refractivity contribution in [3.05, 3.63) is 53.0 Å². The number of hydrogen-bond acceptors (Lipinski definition) is 6. The van der Waals surface area contributed by atoms with E-state index in [9.17, 15) is 13.2 Å². The number of methoxy groups -OCH3 is 1. The first-order chi connectivity index (χ1) is 14.0. The Morgan fingerprint density at radius 2 is 2.07 bits per heavy atom. The Kier molecular flexibility index (Phi) is 5.28. The highest BCUT2D eigenvalue weighted by molar-refractivity contribution is 7.89. The maximum absolute atomic E-state index is 13.2. The normalized spacial score (nSPS) is 17.5. The summed E-state index contributed by atoms with van der Waals surface area (Å²) in [7, 11) is -0.648. The summed E-state index contributed by atoms with van der Waals surface area (Å²) in [5.41, 5.74) is 0.884. The molecule has 0 bridgehead atoms. The summed E-state index contributed by atoms with van der Waals surface area (Å²) >= 11 is 1.34. The maximum atomic E-state index is 13.2. The molecule has 152 valence electrons. The molecule has 2 aromatic heterocycles. The van der Waals surface area contributed by atoms with Crippen molar-refractivity contribution in [2.45, 2.75) is 17.2 Å². The molecule has 1 aliphatic rings. The summed E-state index contributed by atoms with van der Waals surface area (Å²) in [5, 5.41) is 3.60. The minimum absolute atomic E-state index is 0.0790. The van der Waals surface area contributed by atoms with Gasteiger partial charge < -0.3 is 10.1 Å². The molecule has 1 aromatic carbocycles. The molecule has 7 nitrogen and oxygen atoms in total. The van der Waals surface area contributed by atoms with Crippen molar-refractivity contribution in [3.63, 3.8) is 0 Å². The van der Waals surface area contributed by atoms with Gasteiger partial charge in [0.05, 0.1) is 12.0 Å². The number of carbonyl (C=O) groups is 1. The van der Waals surface area contributed by atoms with Gasteiger partial charge in [-0.3, -0.25) is 4.79 Å². The van der Waals surface area contributed by atoms with E-state index in [1.807, 2.05) is 12.1 Å². The first-order valence-corrected chi connectivity index (χ1v) is 11.5. The van der Waals surface area contributed by atoms with E-state index < -0.39 is 10.0 Å². The van der Waals surface area contributed by atoms with Crippen LogP contribution in [0.2, 0.25) is 0 Å². The molecule has 9 heteroatoms. The second-order valence-corrected chi connectivity index (χ2v) is 9.69. The third-order valence-corrected chi connectivity index (χ3v) is 8.22. The number of pyridine rings is 1. The van der Waals surface area contributed by atoms with E-state index in [0.717, 1.165) is 15.8 Å². The van der Waals surface area contributed by atoms with Crippen LogP contribution in [0.4, 0.5) is 0 Å². The fraction of sp³-hybridized carbons (Fsp3) is 0.300. The first kappa shape index (κ1) is 19.8. The second kappa shape index (κ2) is 7.74. The van der Waals surface area contributed by atoms with E-state index >= 15 is 0 Å². The van der Waals surface area contributed by atoms with Crippen molar-refractivity contribution in [1.82, 2.24) is 14.6 Å². The predicted octanol–water partition coefficient (Wildman–Crippen LogP) is 2.84. The average molecular weight is 432 g/mol. The Balaban J connectivity index is 1.71. The van der Waals surface area contributed by atoms with E-state index in [1.165, 1.54) is 22.8 Å². The van der Waals surface area contributed by atoms with Crippen molar-refractivity contribution in [1.29, 1.82) is 0 Å². The highest BCUT2D eigenvalue weighted by atomic mass is 32.2. The number of aromatic nitrogens is 1. The Morgan fingerprint density at radius 1 is 1.28 bits per heavy atom. The van der Waals surface area contributed by atoms with Gasteiger partial charge in [0.2, 0.25) is 10.0 Å². The van der Waals surface area contributed by atoms with Crippen LogP contribution < -0.4 is 10.1 Å². The second-order valence-electron chi connectivity index (χ2n) is 6.78. The van der Waals surface area contributed by atoms with Crippen LogP contribution in [0.25, 0.3) is 10.2 Å². The monoisotopic (exact) mass is 431 g/mol. The molecule has 1 amide bonds. The molecule has 0 radical (unpaired) electrons. The highest BCUT2D eigenvalue weighted by Crippen LogP contribution is 2.41. The number of nitrogens with one attached hydrogen (secondary N) is 1. The lowest BCUT2D eigenvalue weighted by Gasteiger charge is -2.18. The van der Waals surface area contributed by atoms with Gasteiger partial charge in [0.15, 0.2) is 0 Å². The van der Waals surface area contributed by atoms with Crippen LogP contribution >= 0.6 is 11.3 Å². The van der Waals surface area contributed by atoms with Crippen molar-refractivity contribution >= 4 is 37.5 Å². The fourth-order valence-electron chi connectivity index (χ4n) is 3.79. The highest BCUT2D eigenvalue weighted by Gasteiger charge is 2.37. The van der Waals surface area contributed by atoms with Gasteiger partial charge in [-0.25, -0.2) is 13.4 Å². The summed E-state index contributed by atoms with van der Waals surface area (Å²) in [5.74, 6) is 0.0750. The molecule has 1 saturated heterocycles. The van der Waals surface area contributed by atoms with Gasteiger partial charge in [-0.1, -0.05) is 18.2 Å². The third-order valence-electron chi connectivity index (χ3n) is 5.18. The maximum Gasteiger partial charge on any atom is 0.261 e. The minimum Gasteiger partial charge on any atom is -0.495 e. The van der Waals surface area contributed by atoms with E-state index in [0.29, 0.717) is 30.1 Å². The van der Waals surface area contributed by atoms with Crippen LogP contribution in [0.1, 0.15) is 27.6 Å². The van der Waals surface area contributed by atoms with E-state index in [4.69, 9.17) is 4.74 Å². The minimum atomic E-state index is -3.70. The number of para-hydroxylation sites is 1. The molecule has 1 aliphatic heterocycles. The molecule has 0 aliphatic carbocycles. The number of fused-ring (bicyclic) bond motifs is 1. The standard InChI is InChI=1S/C20H21N3O4S2/c1-21-19(24)18-17(14-6-5-10-22-20(14)28-18)13-9-11-23(12-13)29(25,26)16-8-4-3-7-15(16)27-2/h3-8,10,13H,9,11-12H2,1-2H3,(H,21,24)/t13-/m1/s1. The van der Waals surface area contributed by atoms with Crippen LogP contribution in [0.5, 0.6) is 5.75 Å². The number of rotatable bonds is 5. The molecule has 3 aromatic rings. The SMILES string of the molecule is CNC(=O)c1sc2ncccc2c1[C@@H]1CCN(S(=O)(=O)c2ccccc2OC)C1. The van der Waals surface area contributed by atoms with Gasteiger partial charge in [-0.05, 0) is 30.2 Å². The Bertz CT molecular complexity index is 1170. The number of benzene rings is 1. The van der Waals surface area contributed by atoms with E-state index in [-0.39, 0.29) is 16.7 Å². The zero-order valence-electron chi connectivity index (χ0n) is 16.1. The number of hydrogen-bond donors (Lipinski definition) is 1. The number of amides is 1. The van der Waals surface area contributed by atoms with E-state index in [2.05, 4.69) is 10.3 Å². The number of nitrogens with zero attached hydrogens (tertiary/aromatic N) is 2. The summed E-state index contributed by atoms with van der Waals surface area (Å²) < 4.78 is 33.2. The lowest BCUT2D eigenvalue weighted by Crippen LogP contribution is -2.29. The van der Waals surface area contributed by atoms with Gasteiger partial charge >= 0.3 is 0 Å². The lowest BCUT2D eigenvalue weighted by atomic mass is 9.95. The van der Waals surface area contributed by atoms with Crippen LogP contribution in [0, 0.1) is 0 Å². The first-order valence-electron chi connectivity index (χ1n) is 9.20.